The number of aliphatic hydroxyl groups is 1. The molecule has 2 aliphatic heterocycles. The van der Waals surface area contributed by atoms with Crippen molar-refractivity contribution in [3.63, 3.8) is 0 Å². The molecule has 7 rings (SSSR count). The van der Waals surface area contributed by atoms with Crippen molar-refractivity contribution in [2.45, 2.75) is 101 Å². The maximum Gasteiger partial charge on any atom is 0.273 e. The van der Waals surface area contributed by atoms with Crippen LogP contribution in [0.2, 0.25) is 0 Å². The Morgan fingerprint density at radius 3 is 2.16 bits per heavy atom. The number of ether oxygens (including phenoxy) is 3. The molecule has 362 valence electrons. The molecule has 8 amide bonds. The number of carbonyl (C=O) groups excluding carboxylic acids is 8. The number of imide groups is 1. The largest absolute Gasteiger partial charge is 0.483 e. The lowest BCUT2D eigenvalue weighted by atomic mass is 9.80. The number of fused-ring (bicyclic) bond motifs is 2. The minimum Gasteiger partial charge on any atom is -0.483 e. The molecule has 1 aromatic heterocycles. The number of amides is 8. The van der Waals surface area contributed by atoms with Crippen molar-refractivity contribution in [3.8, 4) is 5.75 Å². The molecular weight excluding hydrogens is 883 g/mol. The van der Waals surface area contributed by atoms with Gasteiger partial charge in [-0.3, -0.25) is 43.3 Å². The number of anilines is 1. The molecule has 0 bridgehead atoms. The lowest BCUT2D eigenvalue weighted by Gasteiger charge is -2.36. The maximum absolute atomic E-state index is 13.9. The summed E-state index contributed by atoms with van der Waals surface area (Å²) in [5.41, 5.74) is 1.17. The zero-order chi connectivity index (χ0) is 48.0. The Balaban J connectivity index is 0.730. The van der Waals surface area contributed by atoms with Gasteiger partial charge in [0.1, 0.15) is 23.6 Å². The summed E-state index contributed by atoms with van der Waals surface area (Å²) in [4.78, 5) is 113. The van der Waals surface area contributed by atoms with Crippen molar-refractivity contribution in [3.05, 3.63) is 82.8 Å². The van der Waals surface area contributed by atoms with Gasteiger partial charge in [-0.25, -0.2) is 9.97 Å². The van der Waals surface area contributed by atoms with Crippen LogP contribution in [0, 0.1) is 0 Å². The van der Waals surface area contributed by atoms with E-state index >= 15 is 0 Å². The molecule has 3 aromatic rings. The summed E-state index contributed by atoms with van der Waals surface area (Å²) in [6, 6.07) is 11.3. The van der Waals surface area contributed by atoms with Gasteiger partial charge in [-0.15, -0.1) is 0 Å². The second-order valence-corrected chi connectivity index (χ2v) is 17.1. The molecule has 1 saturated heterocycles. The van der Waals surface area contributed by atoms with Crippen LogP contribution >= 0.6 is 0 Å². The van der Waals surface area contributed by atoms with Gasteiger partial charge in [0, 0.05) is 44.4 Å². The number of carbonyl (C=O) groups is 8. The Hall–Kier alpha value is -6.84. The molecule has 0 radical (unpaired) electrons. The number of piperidine rings is 1. The first kappa shape index (κ1) is 49.1. The van der Waals surface area contributed by atoms with Crippen LogP contribution < -0.4 is 36.6 Å². The highest BCUT2D eigenvalue weighted by Gasteiger charge is 2.46. The molecule has 3 heterocycles. The summed E-state index contributed by atoms with van der Waals surface area (Å²) in [5.74, 6) is -3.99. The molecule has 1 saturated carbocycles. The number of nitrogens with one attached hydrogen (secondary N) is 6. The predicted octanol–water partition coefficient (Wildman–Crippen LogP) is 0.839. The molecule has 2 aromatic carbocycles. The summed E-state index contributed by atoms with van der Waals surface area (Å²) in [6.45, 7) is 0.801. The molecule has 0 spiro atoms. The second kappa shape index (κ2) is 23.3. The molecule has 2 unspecified atom stereocenters. The highest BCUT2D eigenvalue weighted by Crippen LogP contribution is 2.34. The maximum atomic E-state index is 13.9. The lowest BCUT2D eigenvalue weighted by molar-refractivity contribution is -0.132. The van der Waals surface area contributed by atoms with Gasteiger partial charge in [0.25, 0.3) is 29.5 Å². The van der Waals surface area contributed by atoms with E-state index in [4.69, 9.17) is 14.2 Å². The van der Waals surface area contributed by atoms with Crippen LogP contribution in [-0.4, -0.2) is 137 Å². The van der Waals surface area contributed by atoms with E-state index in [0.29, 0.717) is 25.7 Å². The van der Waals surface area contributed by atoms with E-state index in [1.54, 1.807) is 0 Å². The number of aromatic nitrogens is 2. The van der Waals surface area contributed by atoms with Gasteiger partial charge < -0.3 is 51.2 Å². The third-order valence-electron chi connectivity index (χ3n) is 12.3. The Labute approximate surface area is 392 Å². The molecule has 21 nitrogen and oxygen atoms in total. The van der Waals surface area contributed by atoms with Gasteiger partial charge >= 0.3 is 0 Å². The summed E-state index contributed by atoms with van der Waals surface area (Å²) < 4.78 is 16.6. The van der Waals surface area contributed by atoms with E-state index in [1.807, 2.05) is 24.3 Å². The minimum atomic E-state index is -1.20. The van der Waals surface area contributed by atoms with Gasteiger partial charge in [0.15, 0.2) is 18.1 Å². The average Bonchev–Trinajstić information content (AvgIpc) is 3.85. The van der Waals surface area contributed by atoms with E-state index < -0.39 is 59.9 Å². The smallest absolute Gasteiger partial charge is 0.273 e. The van der Waals surface area contributed by atoms with Gasteiger partial charge in [-0.2, -0.15) is 0 Å². The summed E-state index contributed by atoms with van der Waals surface area (Å²) >= 11 is 0. The van der Waals surface area contributed by atoms with E-state index in [2.05, 4.69) is 41.9 Å². The predicted molar refractivity (Wildman–Crippen MR) is 241 cm³/mol. The molecule has 68 heavy (non-hydrogen) atoms. The second-order valence-electron chi connectivity index (χ2n) is 17.1. The third-order valence-corrected chi connectivity index (χ3v) is 12.3. The Kier molecular flexibility index (Phi) is 16.8. The van der Waals surface area contributed by atoms with E-state index in [1.165, 1.54) is 41.7 Å². The van der Waals surface area contributed by atoms with Crippen LogP contribution in [0.25, 0.3) is 0 Å². The summed E-state index contributed by atoms with van der Waals surface area (Å²) in [5, 5.41) is 26.2. The van der Waals surface area contributed by atoms with Gasteiger partial charge in [0.2, 0.25) is 17.7 Å². The number of hydrogen-bond donors (Lipinski definition) is 7. The van der Waals surface area contributed by atoms with Crippen LogP contribution in [0.4, 0.5) is 5.82 Å². The fraction of sp³-hybridized carbons (Fsp3) is 0.489. The first-order valence-electron chi connectivity index (χ1n) is 23.0. The highest BCUT2D eigenvalue weighted by molar-refractivity contribution is 6.24. The van der Waals surface area contributed by atoms with Crippen LogP contribution in [-0.2, 0) is 46.3 Å². The number of nitrogens with zero attached hydrogens (tertiary/aromatic N) is 3. The fourth-order valence-corrected chi connectivity index (χ4v) is 8.87. The van der Waals surface area contributed by atoms with Crippen LogP contribution in [0.3, 0.4) is 0 Å². The van der Waals surface area contributed by atoms with Crippen molar-refractivity contribution < 1.29 is 57.7 Å². The first-order chi connectivity index (χ1) is 32.9. The van der Waals surface area contributed by atoms with Gasteiger partial charge in [0.05, 0.1) is 37.6 Å². The fourth-order valence-electron chi connectivity index (χ4n) is 8.87. The third kappa shape index (κ3) is 12.4. The van der Waals surface area contributed by atoms with Gasteiger partial charge in [-0.05, 0) is 68.2 Å². The first-order valence-corrected chi connectivity index (χ1v) is 23.0. The van der Waals surface area contributed by atoms with E-state index in [-0.39, 0.29) is 118 Å². The summed E-state index contributed by atoms with van der Waals surface area (Å²) in [6.07, 6.45) is 6.99. The molecule has 2 fully saturated rings. The van der Waals surface area contributed by atoms with Crippen LogP contribution in [0.1, 0.15) is 107 Å². The van der Waals surface area contributed by atoms with Crippen molar-refractivity contribution in [1.29, 1.82) is 0 Å². The van der Waals surface area contributed by atoms with E-state index in [0.717, 1.165) is 24.2 Å². The normalized spacial score (nSPS) is 18.5. The quantitative estimate of drug-likeness (QED) is 0.0543. The Bertz CT molecular complexity index is 2350. The molecule has 4 aliphatic rings. The zero-order valence-corrected chi connectivity index (χ0v) is 37.6. The van der Waals surface area contributed by atoms with Crippen LogP contribution in [0.15, 0.2) is 54.9 Å². The molecule has 7 N–H and O–H groups in total. The number of hydrogen-bond acceptors (Lipinski definition) is 14. The van der Waals surface area contributed by atoms with Gasteiger partial charge in [-0.1, -0.05) is 49.6 Å². The summed E-state index contributed by atoms with van der Waals surface area (Å²) in [7, 11) is 0. The van der Waals surface area contributed by atoms with Crippen molar-refractivity contribution in [2.24, 2.45) is 0 Å². The number of benzene rings is 2. The zero-order valence-electron chi connectivity index (χ0n) is 37.6. The number of aliphatic hydroxyl groups excluding tert-OH is 1. The SMILES string of the molecule is O=C(CCCC(=O)NC1(C(=O)Nc2nccnc2C(=O)NC2Cc3ccccc3C2)CCCCC1)NCCOCCOCCNC(=O)COc1cccc2c1C(=O)N(C1CCC(O)NC1=O)C2=O. The Morgan fingerprint density at radius 2 is 1.46 bits per heavy atom. The average molecular weight is 940 g/mol. The monoisotopic (exact) mass is 939 g/mol. The van der Waals surface area contributed by atoms with E-state index in [9.17, 15) is 43.5 Å². The Morgan fingerprint density at radius 1 is 0.779 bits per heavy atom. The number of rotatable bonds is 22. The molecule has 2 aliphatic carbocycles. The minimum absolute atomic E-state index is 0.0103. The van der Waals surface area contributed by atoms with Crippen molar-refractivity contribution in [1.82, 2.24) is 41.5 Å². The van der Waals surface area contributed by atoms with Crippen molar-refractivity contribution in [2.75, 3.05) is 51.4 Å². The molecule has 21 heteroatoms. The topological polar surface area (TPSA) is 286 Å². The molecule has 2 atom stereocenters. The molecular formula is C47H57N9O12. The van der Waals surface area contributed by atoms with Crippen LogP contribution in [0.5, 0.6) is 5.75 Å². The lowest BCUT2D eigenvalue weighted by Crippen LogP contribution is -2.58. The highest BCUT2D eigenvalue weighted by atomic mass is 16.5. The standard InChI is InChI=1S/C47H57N9O12/c57-35(48-20-22-66-24-25-67-23-21-49-38(60)28-68-34-11-6-10-32-39(34)45(64)56(44(32)63)33-14-15-36(58)53-42(33)61)12-7-13-37(59)55-47(16-4-1-5-17-47)46(65)54-41-40(50-18-19-51-41)43(62)52-31-26-29-8-2-3-9-30(29)27-31/h2-3,6,8-11,18-19,31,33,36,58H,1,4-5,7,12-17,20-28H2,(H,48,57)(H,49,60)(H,52,62)(H,53,61)(H,55,59)(H,51,54,65). The van der Waals surface area contributed by atoms with Crippen molar-refractivity contribution >= 4 is 53.1 Å².